The smallest absolute Gasteiger partial charge is 0.238 e. The molecule has 2 unspecified atom stereocenters. The van der Waals surface area contributed by atoms with Crippen molar-refractivity contribution in [1.29, 1.82) is 0 Å². The highest BCUT2D eigenvalue weighted by Crippen LogP contribution is 2.24. The van der Waals surface area contributed by atoms with Gasteiger partial charge >= 0.3 is 0 Å². The lowest BCUT2D eigenvalue weighted by Crippen LogP contribution is -2.10. The summed E-state index contributed by atoms with van der Waals surface area (Å²) in [5.74, 6) is 0. The van der Waals surface area contributed by atoms with E-state index in [0.717, 1.165) is 49.7 Å². The Labute approximate surface area is 183 Å². The van der Waals surface area contributed by atoms with Crippen molar-refractivity contribution in [2.75, 3.05) is 13.2 Å². The monoisotopic (exact) mass is 428 g/mol. The fourth-order valence-electron chi connectivity index (χ4n) is 3.68. The van der Waals surface area contributed by atoms with E-state index >= 15 is 0 Å². The molecule has 0 fully saturated rings. The highest BCUT2D eigenvalue weighted by molar-refractivity contribution is 5.17. The standard InChI is InChI=1S/C24H32N2O5/c27-25(28)23(21-13-5-1-6-14-21)17-9-3-11-19-31-20-12-4-10-18-24(26(29)30)22-15-7-2-8-16-22/h1-2,5-8,13-16,23-24H,3-4,9-12,17-20H2. The first-order valence-corrected chi connectivity index (χ1v) is 11.0. The molecule has 7 nitrogen and oxygen atoms in total. The van der Waals surface area contributed by atoms with Gasteiger partial charge in [0.1, 0.15) is 0 Å². The average Bonchev–Trinajstić information content (AvgIpc) is 2.77. The van der Waals surface area contributed by atoms with Gasteiger partial charge in [0.15, 0.2) is 0 Å². The van der Waals surface area contributed by atoms with Gasteiger partial charge in [0, 0.05) is 47.0 Å². The zero-order valence-corrected chi connectivity index (χ0v) is 17.9. The lowest BCUT2D eigenvalue weighted by atomic mass is 10.0. The van der Waals surface area contributed by atoms with E-state index in [4.69, 9.17) is 4.74 Å². The molecular formula is C24H32N2O5. The van der Waals surface area contributed by atoms with E-state index in [9.17, 15) is 20.2 Å². The van der Waals surface area contributed by atoms with Gasteiger partial charge in [-0.3, -0.25) is 20.2 Å². The summed E-state index contributed by atoms with van der Waals surface area (Å²) in [6, 6.07) is 17.0. The lowest BCUT2D eigenvalue weighted by molar-refractivity contribution is -0.530. The first-order chi connectivity index (χ1) is 15.1. The predicted octanol–water partition coefficient (Wildman–Crippen LogP) is 6.16. The Morgan fingerprint density at radius 3 is 1.35 bits per heavy atom. The molecule has 2 atom stereocenters. The maximum absolute atomic E-state index is 11.3. The van der Waals surface area contributed by atoms with E-state index in [1.54, 1.807) is 0 Å². The van der Waals surface area contributed by atoms with Gasteiger partial charge in [-0.1, -0.05) is 73.5 Å². The SMILES string of the molecule is O=[N+]([O-])C(CCCCCOCCCCCC(c1ccccc1)[N+](=O)[O-])c1ccccc1. The molecule has 0 spiro atoms. The van der Waals surface area contributed by atoms with Crippen LogP contribution in [0.25, 0.3) is 0 Å². The van der Waals surface area contributed by atoms with Crippen molar-refractivity contribution < 1.29 is 14.6 Å². The maximum atomic E-state index is 11.3. The molecule has 7 heteroatoms. The lowest BCUT2D eigenvalue weighted by Gasteiger charge is -2.10. The Hall–Kier alpha value is -2.80. The highest BCUT2D eigenvalue weighted by atomic mass is 16.6. The third kappa shape index (κ3) is 9.26. The van der Waals surface area contributed by atoms with Gasteiger partial charge in [-0.05, 0) is 25.7 Å². The van der Waals surface area contributed by atoms with E-state index < -0.39 is 12.1 Å². The number of nitro groups is 2. The molecule has 0 aliphatic heterocycles. The van der Waals surface area contributed by atoms with Crippen molar-refractivity contribution in [3.63, 3.8) is 0 Å². The van der Waals surface area contributed by atoms with E-state index in [1.807, 2.05) is 60.7 Å². The van der Waals surface area contributed by atoms with Gasteiger partial charge in [0.2, 0.25) is 12.1 Å². The first kappa shape index (κ1) is 24.5. The molecule has 0 N–H and O–H groups in total. The molecule has 0 saturated carbocycles. The minimum Gasteiger partial charge on any atom is -0.381 e. The van der Waals surface area contributed by atoms with Crippen molar-refractivity contribution in [1.82, 2.24) is 0 Å². The molecule has 0 aromatic heterocycles. The Balaban J connectivity index is 1.50. The van der Waals surface area contributed by atoms with Crippen molar-refractivity contribution >= 4 is 0 Å². The molecule has 0 amide bonds. The van der Waals surface area contributed by atoms with E-state index in [2.05, 4.69) is 0 Å². The second-order valence-electron chi connectivity index (χ2n) is 7.73. The van der Waals surface area contributed by atoms with Gasteiger partial charge in [0.25, 0.3) is 0 Å². The Morgan fingerprint density at radius 2 is 1.00 bits per heavy atom. The first-order valence-electron chi connectivity index (χ1n) is 11.0. The van der Waals surface area contributed by atoms with Crippen LogP contribution in [0.15, 0.2) is 60.7 Å². The van der Waals surface area contributed by atoms with Crippen LogP contribution in [-0.4, -0.2) is 23.1 Å². The fraction of sp³-hybridized carbons (Fsp3) is 0.500. The third-order valence-electron chi connectivity index (χ3n) is 5.41. The largest absolute Gasteiger partial charge is 0.381 e. The van der Waals surface area contributed by atoms with Gasteiger partial charge < -0.3 is 4.74 Å². The van der Waals surface area contributed by atoms with Crippen LogP contribution in [0.3, 0.4) is 0 Å². The van der Waals surface area contributed by atoms with Crippen molar-refractivity contribution in [3.05, 3.63) is 92.0 Å². The molecular weight excluding hydrogens is 396 g/mol. The van der Waals surface area contributed by atoms with Crippen LogP contribution in [0, 0.1) is 20.2 Å². The van der Waals surface area contributed by atoms with Crippen molar-refractivity contribution in [2.24, 2.45) is 0 Å². The molecule has 0 saturated heterocycles. The number of rotatable bonds is 16. The van der Waals surface area contributed by atoms with E-state index in [0.29, 0.717) is 26.1 Å². The predicted molar refractivity (Wildman–Crippen MR) is 120 cm³/mol. The van der Waals surface area contributed by atoms with Crippen LogP contribution in [0.5, 0.6) is 0 Å². The minimum absolute atomic E-state index is 0.201. The zero-order valence-electron chi connectivity index (χ0n) is 17.9. The van der Waals surface area contributed by atoms with Gasteiger partial charge in [-0.2, -0.15) is 0 Å². The highest BCUT2D eigenvalue weighted by Gasteiger charge is 2.22. The van der Waals surface area contributed by atoms with Crippen LogP contribution in [0.1, 0.15) is 74.6 Å². The number of ether oxygens (including phenoxy) is 1. The van der Waals surface area contributed by atoms with Crippen LogP contribution >= 0.6 is 0 Å². The van der Waals surface area contributed by atoms with Crippen LogP contribution < -0.4 is 0 Å². The summed E-state index contributed by atoms with van der Waals surface area (Å²) < 4.78 is 5.64. The van der Waals surface area contributed by atoms with E-state index in [-0.39, 0.29) is 9.85 Å². The van der Waals surface area contributed by atoms with Crippen molar-refractivity contribution in [2.45, 2.75) is 63.5 Å². The second-order valence-corrected chi connectivity index (χ2v) is 7.73. The summed E-state index contributed by atoms with van der Waals surface area (Å²) in [6.45, 7) is 1.30. The number of benzene rings is 2. The second kappa shape index (κ2) is 14.2. The molecule has 2 rings (SSSR count). The minimum atomic E-state index is -0.638. The normalized spacial score (nSPS) is 12.9. The molecule has 2 aromatic rings. The summed E-state index contributed by atoms with van der Waals surface area (Å²) >= 11 is 0. The van der Waals surface area contributed by atoms with Gasteiger partial charge in [-0.15, -0.1) is 0 Å². The summed E-state index contributed by atoms with van der Waals surface area (Å²) in [6.07, 6.45) is 6.24. The third-order valence-corrected chi connectivity index (χ3v) is 5.41. The molecule has 0 heterocycles. The number of unbranched alkanes of at least 4 members (excludes halogenated alkanes) is 4. The van der Waals surface area contributed by atoms with Crippen LogP contribution in [0.2, 0.25) is 0 Å². The quantitative estimate of drug-likeness (QED) is 0.181. The maximum Gasteiger partial charge on any atom is 0.238 e. The molecule has 31 heavy (non-hydrogen) atoms. The summed E-state index contributed by atoms with van der Waals surface area (Å²) in [5.41, 5.74) is 1.52. The zero-order chi connectivity index (χ0) is 22.3. The van der Waals surface area contributed by atoms with E-state index in [1.165, 1.54) is 0 Å². The van der Waals surface area contributed by atoms with Crippen molar-refractivity contribution in [3.8, 4) is 0 Å². The van der Waals surface area contributed by atoms with Crippen LogP contribution in [-0.2, 0) is 4.74 Å². The van der Waals surface area contributed by atoms with Gasteiger partial charge in [0.05, 0.1) is 0 Å². The Kier molecular flexibility index (Phi) is 11.2. The van der Waals surface area contributed by atoms with Crippen LogP contribution in [0.4, 0.5) is 0 Å². The summed E-state index contributed by atoms with van der Waals surface area (Å²) in [4.78, 5) is 22.2. The van der Waals surface area contributed by atoms with Gasteiger partial charge in [-0.25, -0.2) is 0 Å². The molecule has 0 radical (unpaired) electrons. The summed E-state index contributed by atoms with van der Waals surface area (Å²) in [5, 5.41) is 22.6. The number of hydrogen-bond donors (Lipinski definition) is 0. The molecule has 2 aromatic carbocycles. The topological polar surface area (TPSA) is 95.5 Å². The Morgan fingerprint density at radius 1 is 0.613 bits per heavy atom. The summed E-state index contributed by atoms with van der Waals surface area (Å²) in [7, 11) is 0. The molecule has 0 aliphatic carbocycles. The molecule has 168 valence electrons. The fourth-order valence-corrected chi connectivity index (χ4v) is 3.68. The molecule has 0 aliphatic rings. The number of hydrogen-bond acceptors (Lipinski definition) is 5. The Bertz CT molecular complexity index is 705. The average molecular weight is 429 g/mol. The number of nitrogens with zero attached hydrogens (tertiary/aromatic N) is 2. The molecule has 0 bridgehead atoms.